The van der Waals surface area contributed by atoms with E-state index in [2.05, 4.69) is 23.1 Å². The number of para-hydroxylation sites is 1. The average Bonchev–Trinajstić information content (AvgIpc) is 2.98. The first-order valence-corrected chi connectivity index (χ1v) is 14.4. The molecular weight excluding hydrogens is 518 g/mol. The number of ether oxygens (including phenoxy) is 1. The minimum atomic E-state index is -0.966. The van der Waals surface area contributed by atoms with Crippen LogP contribution < -0.4 is 10.3 Å². The lowest BCUT2D eigenvalue weighted by molar-refractivity contribution is -0.107. The standard InChI is InChI=1S/C24H33N3O4.C9H12O/c1-17(2)26(4)23(29)20-15-27(16-24(30)10-12-25(3)13-11-24)22(28)14-19(20)18-8-6-7-9-21(18)31-5;10-8-4-7-9-5-2-1-3-6-9/h6-9,14-15,17,30H,10-13,16H2,1-5H3;2,5-6,8H,1,3-4,7H2. The minimum absolute atomic E-state index is 0.00328. The molecule has 41 heavy (non-hydrogen) atoms. The predicted molar refractivity (Wildman–Crippen MR) is 163 cm³/mol. The van der Waals surface area contributed by atoms with Crippen molar-refractivity contribution in [3.8, 4) is 16.9 Å². The molecule has 1 aliphatic carbocycles. The number of hydrogen-bond donors (Lipinski definition) is 1. The fraction of sp³-hybridized carbons (Fsp3) is 0.485. The number of carbonyl (C=O) groups excluding carboxylic acids is 2. The van der Waals surface area contributed by atoms with Gasteiger partial charge in [-0.3, -0.25) is 9.59 Å². The van der Waals surface area contributed by atoms with Crippen molar-refractivity contribution >= 4 is 12.2 Å². The first kappa shape index (κ1) is 32.0. The summed E-state index contributed by atoms with van der Waals surface area (Å²) >= 11 is 0. The van der Waals surface area contributed by atoms with Crippen molar-refractivity contribution in [3.63, 3.8) is 0 Å². The van der Waals surface area contributed by atoms with Crippen LogP contribution in [0.25, 0.3) is 11.1 Å². The van der Waals surface area contributed by atoms with Crippen molar-refractivity contribution in [2.75, 3.05) is 34.3 Å². The number of likely N-dealkylation sites (tertiary alicyclic amines) is 1. The van der Waals surface area contributed by atoms with Gasteiger partial charge in [-0.25, -0.2) is 0 Å². The van der Waals surface area contributed by atoms with Crippen LogP contribution in [-0.2, 0) is 11.3 Å². The van der Waals surface area contributed by atoms with Gasteiger partial charge in [-0.2, -0.15) is 0 Å². The Morgan fingerprint density at radius 3 is 2.49 bits per heavy atom. The van der Waals surface area contributed by atoms with Crippen molar-refractivity contribution in [1.82, 2.24) is 14.4 Å². The highest BCUT2D eigenvalue weighted by molar-refractivity contribution is 6.01. The molecule has 1 aromatic carbocycles. The average molecular weight is 564 g/mol. The molecule has 0 radical (unpaired) electrons. The molecular formula is C33H45N3O5. The van der Waals surface area contributed by atoms with E-state index in [-0.39, 0.29) is 24.1 Å². The van der Waals surface area contributed by atoms with E-state index in [0.29, 0.717) is 41.7 Å². The maximum atomic E-state index is 13.4. The molecule has 4 rings (SSSR count). The number of piperidine rings is 1. The van der Waals surface area contributed by atoms with Gasteiger partial charge in [0.25, 0.3) is 11.5 Å². The molecule has 2 heterocycles. The second-order valence-corrected chi connectivity index (χ2v) is 11.3. The topological polar surface area (TPSA) is 92.1 Å². The molecule has 0 unspecified atom stereocenters. The van der Waals surface area contributed by atoms with Crippen LogP contribution in [0.4, 0.5) is 0 Å². The molecule has 1 amide bonds. The molecule has 1 aliphatic heterocycles. The zero-order chi connectivity index (χ0) is 30.0. The third-order valence-electron chi connectivity index (χ3n) is 7.85. The number of pyridine rings is 1. The maximum absolute atomic E-state index is 13.4. The van der Waals surface area contributed by atoms with Gasteiger partial charge >= 0.3 is 0 Å². The van der Waals surface area contributed by atoms with Crippen LogP contribution in [0.3, 0.4) is 0 Å². The number of benzene rings is 1. The van der Waals surface area contributed by atoms with Gasteiger partial charge in [0.05, 0.1) is 24.8 Å². The number of hydrogen-bond acceptors (Lipinski definition) is 6. The fourth-order valence-electron chi connectivity index (χ4n) is 4.97. The Kier molecular flexibility index (Phi) is 11.7. The molecule has 8 nitrogen and oxygen atoms in total. The highest BCUT2D eigenvalue weighted by atomic mass is 16.5. The lowest BCUT2D eigenvalue weighted by Crippen LogP contribution is -2.47. The second-order valence-electron chi connectivity index (χ2n) is 11.3. The summed E-state index contributed by atoms with van der Waals surface area (Å²) in [5.74, 6) is 0.412. The third kappa shape index (κ3) is 8.75. The monoisotopic (exact) mass is 563 g/mol. The number of methoxy groups -OCH3 is 1. The van der Waals surface area contributed by atoms with E-state index >= 15 is 0 Å². The van der Waals surface area contributed by atoms with Crippen molar-refractivity contribution in [2.24, 2.45) is 0 Å². The maximum Gasteiger partial charge on any atom is 0.255 e. The largest absolute Gasteiger partial charge is 0.496 e. The van der Waals surface area contributed by atoms with Gasteiger partial charge in [-0.05, 0) is 59.1 Å². The summed E-state index contributed by atoms with van der Waals surface area (Å²) in [5, 5.41) is 11.1. The van der Waals surface area contributed by atoms with Crippen LogP contribution in [0.5, 0.6) is 5.75 Å². The Hall–Kier alpha value is -3.49. The molecule has 1 N–H and O–H groups in total. The van der Waals surface area contributed by atoms with Crippen LogP contribution >= 0.6 is 0 Å². The van der Waals surface area contributed by atoms with Gasteiger partial charge in [-0.15, -0.1) is 0 Å². The number of rotatable bonds is 9. The van der Waals surface area contributed by atoms with Gasteiger partial charge < -0.3 is 29.0 Å². The minimum Gasteiger partial charge on any atom is -0.496 e. The number of carbonyl (C=O) groups is 2. The van der Waals surface area contributed by atoms with Crippen molar-refractivity contribution < 1.29 is 19.4 Å². The molecule has 2 aliphatic rings. The highest BCUT2D eigenvalue weighted by Crippen LogP contribution is 2.32. The lowest BCUT2D eigenvalue weighted by atomic mass is 9.91. The van der Waals surface area contributed by atoms with Gasteiger partial charge in [0.15, 0.2) is 0 Å². The summed E-state index contributed by atoms with van der Waals surface area (Å²) in [5.41, 5.74) is 1.73. The number of nitrogens with zero attached hydrogens (tertiary/aromatic N) is 3. The fourth-order valence-corrected chi connectivity index (χ4v) is 4.97. The Labute approximate surface area is 243 Å². The third-order valence-corrected chi connectivity index (χ3v) is 7.85. The smallest absolute Gasteiger partial charge is 0.255 e. The molecule has 1 aromatic heterocycles. The second kappa shape index (κ2) is 14.9. The Balaban J connectivity index is 0.000000389. The first-order chi connectivity index (χ1) is 19.6. The van der Waals surface area contributed by atoms with Crippen molar-refractivity contribution in [2.45, 2.75) is 70.6 Å². The Bertz CT molecular complexity index is 1300. The molecule has 8 heteroatoms. The van der Waals surface area contributed by atoms with E-state index in [9.17, 15) is 19.5 Å². The van der Waals surface area contributed by atoms with Crippen LogP contribution in [-0.4, -0.2) is 77.6 Å². The summed E-state index contributed by atoms with van der Waals surface area (Å²) in [4.78, 5) is 40.2. The van der Waals surface area contributed by atoms with E-state index < -0.39 is 5.60 Å². The highest BCUT2D eigenvalue weighted by Gasteiger charge is 2.32. The van der Waals surface area contributed by atoms with Crippen LogP contribution in [0.2, 0.25) is 0 Å². The van der Waals surface area contributed by atoms with E-state index in [1.807, 2.05) is 45.2 Å². The number of allylic oxidation sites excluding steroid dienone is 4. The summed E-state index contributed by atoms with van der Waals surface area (Å²) in [6.07, 6.45) is 14.1. The van der Waals surface area contributed by atoms with E-state index in [0.717, 1.165) is 38.6 Å². The molecule has 0 spiro atoms. The van der Waals surface area contributed by atoms with E-state index in [1.165, 1.54) is 16.2 Å². The summed E-state index contributed by atoms with van der Waals surface area (Å²) in [6.45, 7) is 5.59. The SMILES string of the molecule is COc1ccccc1-c1cc(=O)n(CC2(O)CCN(C)CC2)cc1C(=O)N(C)C(C)C.O=CCCC1=CCCC=C1. The quantitative estimate of drug-likeness (QED) is 0.445. The molecule has 2 aromatic rings. The normalized spacial score (nSPS) is 16.4. The zero-order valence-electron chi connectivity index (χ0n) is 25.1. The molecule has 0 atom stereocenters. The van der Waals surface area contributed by atoms with E-state index in [4.69, 9.17) is 4.74 Å². The molecule has 1 fully saturated rings. The number of aldehydes is 1. The molecule has 222 valence electrons. The van der Waals surface area contributed by atoms with Gasteiger partial charge in [0.2, 0.25) is 0 Å². The van der Waals surface area contributed by atoms with Crippen molar-refractivity contribution in [3.05, 3.63) is 76.2 Å². The molecule has 0 bridgehead atoms. The van der Waals surface area contributed by atoms with Gasteiger partial charge in [0.1, 0.15) is 12.0 Å². The zero-order valence-corrected chi connectivity index (χ0v) is 25.1. The molecule has 0 saturated carbocycles. The summed E-state index contributed by atoms with van der Waals surface area (Å²) in [7, 11) is 5.34. The van der Waals surface area contributed by atoms with E-state index in [1.54, 1.807) is 25.3 Å². The van der Waals surface area contributed by atoms with Gasteiger partial charge in [-0.1, -0.05) is 42.0 Å². The summed E-state index contributed by atoms with van der Waals surface area (Å²) < 4.78 is 6.96. The predicted octanol–water partition coefficient (Wildman–Crippen LogP) is 4.70. The molecule has 1 saturated heterocycles. The Morgan fingerprint density at radius 1 is 1.17 bits per heavy atom. The lowest BCUT2D eigenvalue weighted by Gasteiger charge is -2.37. The Morgan fingerprint density at radius 2 is 1.88 bits per heavy atom. The number of amides is 1. The first-order valence-electron chi connectivity index (χ1n) is 14.4. The van der Waals surface area contributed by atoms with Crippen LogP contribution in [0.1, 0.15) is 62.7 Å². The number of aromatic nitrogens is 1. The van der Waals surface area contributed by atoms with Crippen LogP contribution in [0, 0.1) is 0 Å². The van der Waals surface area contributed by atoms with Crippen LogP contribution in [0.15, 0.2) is 65.1 Å². The van der Waals surface area contributed by atoms with Gasteiger partial charge in [0, 0.05) is 56.0 Å². The van der Waals surface area contributed by atoms with Crippen molar-refractivity contribution in [1.29, 1.82) is 0 Å². The summed E-state index contributed by atoms with van der Waals surface area (Å²) in [6, 6.07) is 8.83. The number of aliphatic hydroxyl groups is 1.